The molecule has 0 aromatic heterocycles. The van der Waals surface area contributed by atoms with Gasteiger partial charge in [0.05, 0.1) is 5.75 Å². The Hall–Kier alpha value is -0.0300. The van der Waals surface area contributed by atoms with Gasteiger partial charge in [-0.3, -0.25) is 14.5 Å². The third kappa shape index (κ3) is 2.48. The molecule has 1 aliphatic rings. The minimum atomic E-state index is -0.104. The molecule has 1 atom stereocenters. The maximum Gasteiger partial charge on any atom is 0.288 e. The molecule has 5 heteroatoms. The molecule has 0 aliphatic carbocycles. The molecular formula is C7H10BrNO2S. The highest BCUT2D eigenvalue weighted by atomic mass is 79.9. The van der Waals surface area contributed by atoms with Crippen LogP contribution in [-0.2, 0) is 4.79 Å². The van der Waals surface area contributed by atoms with E-state index >= 15 is 0 Å². The standard InChI is InChI=1S/C7H10BrNO2S/c1-5(8)2-3-9-6(10)4-12-7(9)11/h5H,2-4H2,1H3. The van der Waals surface area contributed by atoms with Crippen LogP contribution in [0, 0.1) is 0 Å². The molecule has 1 unspecified atom stereocenters. The summed E-state index contributed by atoms with van der Waals surface area (Å²) in [5.41, 5.74) is 0. The summed E-state index contributed by atoms with van der Waals surface area (Å²) in [5.74, 6) is 0.258. The Morgan fingerprint density at radius 3 is 2.75 bits per heavy atom. The van der Waals surface area contributed by atoms with E-state index in [0.717, 1.165) is 18.2 Å². The van der Waals surface area contributed by atoms with Crippen LogP contribution in [0.5, 0.6) is 0 Å². The normalized spacial score (nSPS) is 20.3. The van der Waals surface area contributed by atoms with E-state index in [9.17, 15) is 9.59 Å². The number of hydrogen-bond donors (Lipinski definition) is 0. The van der Waals surface area contributed by atoms with Crippen molar-refractivity contribution in [3.8, 4) is 0 Å². The summed E-state index contributed by atoms with van der Waals surface area (Å²) in [5, 5.41) is -0.104. The number of carbonyl (C=O) groups excluding carboxylic acids is 2. The van der Waals surface area contributed by atoms with Crippen molar-refractivity contribution in [2.24, 2.45) is 0 Å². The van der Waals surface area contributed by atoms with Gasteiger partial charge in [0.2, 0.25) is 5.91 Å². The molecule has 1 rings (SSSR count). The van der Waals surface area contributed by atoms with Crippen molar-refractivity contribution in [3.05, 3.63) is 0 Å². The number of imide groups is 1. The van der Waals surface area contributed by atoms with Gasteiger partial charge in [0, 0.05) is 11.4 Å². The first-order valence-electron chi connectivity index (χ1n) is 3.72. The van der Waals surface area contributed by atoms with Gasteiger partial charge in [-0.05, 0) is 6.42 Å². The second-order valence-electron chi connectivity index (χ2n) is 2.67. The van der Waals surface area contributed by atoms with E-state index in [4.69, 9.17) is 0 Å². The summed E-state index contributed by atoms with van der Waals surface area (Å²) >= 11 is 4.45. The Morgan fingerprint density at radius 1 is 1.67 bits per heavy atom. The minimum Gasteiger partial charge on any atom is -0.273 e. The quantitative estimate of drug-likeness (QED) is 0.719. The molecule has 0 spiro atoms. The summed E-state index contributed by atoms with van der Waals surface area (Å²) in [7, 11) is 0. The van der Waals surface area contributed by atoms with Gasteiger partial charge in [0.15, 0.2) is 0 Å². The van der Waals surface area contributed by atoms with E-state index in [1.165, 1.54) is 4.90 Å². The molecular weight excluding hydrogens is 242 g/mol. The summed E-state index contributed by atoms with van der Waals surface area (Å²) in [6.45, 7) is 2.54. The monoisotopic (exact) mass is 251 g/mol. The van der Waals surface area contributed by atoms with Crippen molar-refractivity contribution < 1.29 is 9.59 Å². The van der Waals surface area contributed by atoms with Crippen LogP contribution in [0.1, 0.15) is 13.3 Å². The van der Waals surface area contributed by atoms with Crippen molar-refractivity contribution in [2.75, 3.05) is 12.3 Å². The van der Waals surface area contributed by atoms with Crippen LogP contribution >= 0.6 is 27.7 Å². The van der Waals surface area contributed by atoms with Crippen molar-refractivity contribution in [3.63, 3.8) is 0 Å². The van der Waals surface area contributed by atoms with Crippen molar-refractivity contribution in [2.45, 2.75) is 18.2 Å². The smallest absolute Gasteiger partial charge is 0.273 e. The summed E-state index contributed by atoms with van der Waals surface area (Å²) in [6, 6.07) is 0. The summed E-state index contributed by atoms with van der Waals surface area (Å²) in [6.07, 6.45) is 0.818. The largest absolute Gasteiger partial charge is 0.288 e. The molecule has 0 aromatic rings. The fraction of sp³-hybridized carbons (Fsp3) is 0.714. The first kappa shape index (κ1) is 10.1. The average molecular weight is 252 g/mol. The first-order valence-corrected chi connectivity index (χ1v) is 5.62. The van der Waals surface area contributed by atoms with Gasteiger partial charge >= 0.3 is 0 Å². The number of thioether (sulfide) groups is 1. The van der Waals surface area contributed by atoms with E-state index in [2.05, 4.69) is 15.9 Å². The summed E-state index contributed by atoms with van der Waals surface area (Å²) < 4.78 is 0. The molecule has 1 fully saturated rings. The maximum absolute atomic E-state index is 11.1. The predicted octanol–water partition coefficient (Wildman–Crippen LogP) is 1.86. The zero-order valence-corrected chi connectivity index (χ0v) is 9.15. The Labute approximate surface area is 84.0 Å². The van der Waals surface area contributed by atoms with E-state index < -0.39 is 0 Å². The molecule has 0 saturated carbocycles. The van der Waals surface area contributed by atoms with Gasteiger partial charge in [0.25, 0.3) is 5.24 Å². The zero-order chi connectivity index (χ0) is 9.14. The Morgan fingerprint density at radius 2 is 2.33 bits per heavy atom. The lowest BCUT2D eigenvalue weighted by atomic mass is 10.3. The van der Waals surface area contributed by atoms with Gasteiger partial charge in [-0.2, -0.15) is 0 Å². The van der Waals surface area contributed by atoms with Gasteiger partial charge in [0.1, 0.15) is 0 Å². The summed E-state index contributed by atoms with van der Waals surface area (Å²) in [4.78, 5) is 23.8. The number of nitrogens with zero attached hydrogens (tertiary/aromatic N) is 1. The lowest BCUT2D eigenvalue weighted by Gasteiger charge is -2.12. The molecule has 1 heterocycles. The Balaban J connectivity index is 2.40. The molecule has 1 saturated heterocycles. The number of halogens is 1. The maximum atomic E-state index is 11.1. The highest BCUT2D eigenvalue weighted by Crippen LogP contribution is 2.19. The first-order chi connectivity index (χ1) is 5.61. The lowest BCUT2D eigenvalue weighted by molar-refractivity contribution is -0.124. The fourth-order valence-corrected chi connectivity index (χ4v) is 1.86. The highest BCUT2D eigenvalue weighted by molar-refractivity contribution is 9.09. The van der Waals surface area contributed by atoms with E-state index in [1.54, 1.807) is 0 Å². The van der Waals surface area contributed by atoms with Crippen LogP contribution in [0.25, 0.3) is 0 Å². The van der Waals surface area contributed by atoms with Crippen LogP contribution in [0.2, 0.25) is 0 Å². The second kappa shape index (κ2) is 4.28. The van der Waals surface area contributed by atoms with Crippen LogP contribution in [0.4, 0.5) is 4.79 Å². The van der Waals surface area contributed by atoms with Crippen LogP contribution < -0.4 is 0 Å². The molecule has 0 N–H and O–H groups in total. The van der Waals surface area contributed by atoms with Crippen LogP contribution in [0.15, 0.2) is 0 Å². The minimum absolute atomic E-state index is 0.0573. The van der Waals surface area contributed by atoms with Gasteiger partial charge in [-0.1, -0.05) is 34.6 Å². The van der Waals surface area contributed by atoms with Crippen LogP contribution in [0.3, 0.4) is 0 Å². The highest BCUT2D eigenvalue weighted by Gasteiger charge is 2.29. The molecule has 2 amide bonds. The van der Waals surface area contributed by atoms with Gasteiger partial charge in [-0.15, -0.1) is 0 Å². The molecule has 0 aromatic carbocycles. The van der Waals surface area contributed by atoms with E-state index in [0.29, 0.717) is 17.1 Å². The predicted molar refractivity (Wildman–Crippen MR) is 52.6 cm³/mol. The Kier molecular flexibility index (Phi) is 3.58. The van der Waals surface area contributed by atoms with Gasteiger partial charge < -0.3 is 0 Å². The molecule has 3 nitrogen and oxygen atoms in total. The van der Waals surface area contributed by atoms with E-state index in [-0.39, 0.29) is 11.1 Å². The van der Waals surface area contributed by atoms with Crippen molar-refractivity contribution >= 4 is 38.8 Å². The third-order valence-corrected chi connectivity index (χ3v) is 2.91. The lowest BCUT2D eigenvalue weighted by Crippen LogP contribution is -2.30. The number of hydrogen-bond acceptors (Lipinski definition) is 3. The topological polar surface area (TPSA) is 37.4 Å². The Bertz CT molecular complexity index is 192. The molecule has 0 radical (unpaired) electrons. The number of alkyl halides is 1. The average Bonchev–Trinajstić information content (AvgIpc) is 2.28. The third-order valence-electron chi connectivity index (χ3n) is 1.59. The molecule has 0 bridgehead atoms. The van der Waals surface area contributed by atoms with Crippen molar-refractivity contribution in [1.29, 1.82) is 0 Å². The second-order valence-corrected chi connectivity index (χ2v) is 5.16. The fourth-order valence-electron chi connectivity index (χ4n) is 0.904. The molecule has 12 heavy (non-hydrogen) atoms. The van der Waals surface area contributed by atoms with E-state index in [1.807, 2.05) is 6.92 Å². The number of carbonyl (C=O) groups is 2. The SMILES string of the molecule is CC(Br)CCN1C(=O)CSC1=O. The zero-order valence-electron chi connectivity index (χ0n) is 6.75. The van der Waals surface area contributed by atoms with Crippen molar-refractivity contribution in [1.82, 2.24) is 4.90 Å². The number of rotatable bonds is 3. The number of amides is 2. The molecule has 1 aliphatic heterocycles. The van der Waals surface area contributed by atoms with Gasteiger partial charge in [-0.25, -0.2) is 0 Å². The van der Waals surface area contributed by atoms with Crippen LogP contribution in [-0.4, -0.2) is 33.2 Å². The molecule has 68 valence electrons.